The van der Waals surface area contributed by atoms with Gasteiger partial charge in [-0.25, -0.2) is 9.18 Å². The molecule has 1 atom stereocenters. The summed E-state index contributed by atoms with van der Waals surface area (Å²) in [5.41, 5.74) is 0. The topological polar surface area (TPSA) is 32.3 Å². The van der Waals surface area contributed by atoms with Crippen molar-refractivity contribution in [3.05, 3.63) is 0 Å². The first kappa shape index (κ1) is 6.32. The molecule has 1 N–H and O–H groups in total. The minimum Gasteiger partial charge on any atom is -0.341 e. The standard InChI is InChI=1S/C5H9FN2O/c1-7-5(9)8-3-2-4(8)6/h4H,2-3H2,1H3,(H,7,9). The van der Waals surface area contributed by atoms with Gasteiger partial charge in [-0.3, -0.25) is 4.90 Å². The number of hydrogen-bond donors (Lipinski definition) is 1. The van der Waals surface area contributed by atoms with E-state index in [0.29, 0.717) is 13.0 Å². The van der Waals surface area contributed by atoms with Crippen LogP contribution in [-0.2, 0) is 0 Å². The predicted molar refractivity (Wildman–Crippen MR) is 30.7 cm³/mol. The maximum Gasteiger partial charge on any atom is 0.319 e. The van der Waals surface area contributed by atoms with Gasteiger partial charge in [-0.05, 0) is 0 Å². The fraction of sp³-hybridized carbons (Fsp3) is 0.800. The first-order chi connectivity index (χ1) is 4.25. The van der Waals surface area contributed by atoms with Crippen molar-refractivity contribution in [2.24, 2.45) is 0 Å². The second-order valence-electron chi connectivity index (χ2n) is 1.97. The molecule has 0 aromatic heterocycles. The summed E-state index contributed by atoms with van der Waals surface area (Å²) in [5, 5.41) is 2.34. The van der Waals surface area contributed by atoms with Gasteiger partial charge >= 0.3 is 6.03 Å². The van der Waals surface area contributed by atoms with Crippen LogP contribution in [0.3, 0.4) is 0 Å². The average molecular weight is 132 g/mol. The molecule has 0 aliphatic carbocycles. The highest BCUT2D eigenvalue weighted by Crippen LogP contribution is 2.17. The molecule has 1 saturated heterocycles. The Morgan fingerprint density at radius 2 is 2.56 bits per heavy atom. The lowest BCUT2D eigenvalue weighted by molar-refractivity contribution is 0.0274. The van der Waals surface area contributed by atoms with Crippen LogP contribution in [0.25, 0.3) is 0 Å². The Labute approximate surface area is 52.8 Å². The van der Waals surface area contributed by atoms with Gasteiger partial charge in [0.2, 0.25) is 0 Å². The zero-order chi connectivity index (χ0) is 6.85. The Bertz CT molecular complexity index is 128. The van der Waals surface area contributed by atoms with Crippen molar-refractivity contribution in [1.82, 2.24) is 10.2 Å². The van der Waals surface area contributed by atoms with Crippen LogP contribution in [0.2, 0.25) is 0 Å². The number of rotatable bonds is 0. The van der Waals surface area contributed by atoms with Crippen LogP contribution in [0, 0.1) is 0 Å². The van der Waals surface area contributed by atoms with Gasteiger partial charge in [-0.15, -0.1) is 0 Å². The number of likely N-dealkylation sites (tertiary alicyclic amines) is 1. The maximum absolute atomic E-state index is 12.3. The lowest BCUT2D eigenvalue weighted by Crippen LogP contribution is -2.51. The summed E-state index contributed by atoms with van der Waals surface area (Å²) in [6, 6.07) is -0.325. The van der Waals surface area contributed by atoms with E-state index in [1.54, 1.807) is 0 Å². The molecule has 1 heterocycles. The van der Waals surface area contributed by atoms with Crippen LogP contribution in [0.4, 0.5) is 9.18 Å². The van der Waals surface area contributed by atoms with E-state index < -0.39 is 6.30 Å². The second-order valence-corrected chi connectivity index (χ2v) is 1.97. The molecule has 1 rings (SSSR count). The molecular weight excluding hydrogens is 123 g/mol. The zero-order valence-electron chi connectivity index (χ0n) is 5.22. The number of alkyl halides is 1. The minimum absolute atomic E-state index is 0.325. The second kappa shape index (κ2) is 2.21. The van der Waals surface area contributed by atoms with E-state index in [2.05, 4.69) is 5.32 Å². The summed E-state index contributed by atoms with van der Waals surface area (Å²) in [4.78, 5) is 11.7. The molecule has 0 radical (unpaired) electrons. The van der Waals surface area contributed by atoms with Crippen molar-refractivity contribution < 1.29 is 9.18 Å². The fourth-order valence-electron chi connectivity index (χ4n) is 0.728. The molecule has 0 saturated carbocycles. The lowest BCUT2D eigenvalue weighted by Gasteiger charge is -2.34. The largest absolute Gasteiger partial charge is 0.341 e. The molecule has 9 heavy (non-hydrogen) atoms. The number of urea groups is 1. The molecule has 1 aliphatic heterocycles. The highest BCUT2D eigenvalue weighted by molar-refractivity contribution is 5.74. The molecule has 0 aromatic carbocycles. The van der Waals surface area contributed by atoms with Crippen molar-refractivity contribution in [3.8, 4) is 0 Å². The summed E-state index contributed by atoms with van der Waals surface area (Å²) >= 11 is 0. The van der Waals surface area contributed by atoms with E-state index in [1.165, 1.54) is 7.05 Å². The van der Waals surface area contributed by atoms with Gasteiger partial charge in [0.05, 0.1) is 0 Å². The molecule has 0 spiro atoms. The molecule has 3 nitrogen and oxygen atoms in total. The molecular formula is C5H9FN2O. The zero-order valence-corrected chi connectivity index (χ0v) is 5.22. The van der Waals surface area contributed by atoms with Crippen molar-refractivity contribution in [2.45, 2.75) is 12.7 Å². The number of amides is 2. The smallest absolute Gasteiger partial charge is 0.319 e. The Hall–Kier alpha value is -0.800. The Balaban J connectivity index is 2.35. The van der Waals surface area contributed by atoms with Gasteiger partial charge in [0.25, 0.3) is 0 Å². The van der Waals surface area contributed by atoms with Crippen LogP contribution in [-0.4, -0.2) is 30.8 Å². The third-order valence-electron chi connectivity index (χ3n) is 1.42. The van der Waals surface area contributed by atoms with Crippen molar-refractivity contribution >= 4 is 6.03 Å². The normalized spacial score (nSPS) is 25.1. The monoisotopic (exact) mass is 132 g/mol. The van der Waals surface area contributed by atoms with Gasteiger partial charge in [0, 0.05) is 20.0 Å². The van der Waals surface area contributed by atoms with Crippen LogP contribution in [0.1, 0.15) is 6.42 Å². The molecule has 1 fully saturated rings. The molecule has 1 aliphatic rings. The van der Waals surface area contributed by atoms with E-state index in [0.717, 1.165) is 4.90 Å². The Kier molecular flexibility index (Phi) is 1.55. The summed E-state index contributed by atoms with van der Waals surface area (Å²) in [6.07, 6.45) is -0.571. The van der Waals surface area contributed by atoms with Crippen LogP contribution < -0.4 is 5.32 Å². The van der Waals surface area contributed by atoms with Crippen molar-refractivity contribution in [2.75, 3.05) is 13.6 Å². The third kappa shape index (κ3) is 0.966. The molecule has 52 valence electrons. The van der Waals surface area contributed by atoms with E-state index in [-0.39, 0.29) is 6.03 Å². The van der Waals surface area contributed by atoms with E-state index in [9.17, 15) is 9.18 Å². The van der Waals surface area contributed by atoms with Gasteiger partial charge in [-0.1, -0.05) is 0 Å². The summed E-state index contributed by atoms with van der Waals surface area (Å²) in [6.45, 7) is 0.542. The summed E-state index contributed by atoms with van der Waals surface area (Å²) in [5.74, 6) is 0. The van der Waals surface area contributed by atoms with Gasteiger partial charge in [0.1, 0.15) is 0 Å². The van der Waals surface area contributed by atoms with Crippen LogP contribution >= 0.6 is 0 Å². The van der Waals surface area contributed by atoms with Crippen LogP contribution in [0.15, 0.2) is 0 Å². The SMILES string of the molecule is CNC(=O)N1CCC1F. The number of halogens is 1. The van der Waals surface area contributed by atoms with Crippen molar-refractivity contribution in [3.63, 3.8) is 0 Å². The first-order valence-electron chi connectivity index (χ1n) is 2.88. The molecule has 4 heteroatoms. The number of nitrogens with one attached hydrogen (secondary N) is 1. The Morgan fingerprint density at radius 1 is 1.89 bits per heavy atom. The lowest BCUT2D eigenvalue weighted by atomic mass is 10.2. The van der Waals surface area contributed by atoms with Gasteiger partial charge in [-0.2, -0.15) is 0 Å². The highest BCUT2D eigenvalue weighted by atomic mass is 19.1. The van der Waals surface area contributed by atoms with Crippen LogP contribution in [0.5, 0.6) is 0 Å². The molecule has 1 unspecified atom stereocenters. The number of hydrogen-bond acceptors (Lipinski definition) is 1. The number of carbonyl (C=O) groups excluding carboxylic acids is 1. The van der Waals surface area contributed by atoms with Gasteiger partial charge in [0.15, 0.2) is 6.30 Å². The third-order valence-corrected chi connectivity index (χ3v) is 1.42. The predicted octanol–water partition coefficient (Wildman–Crippen LogP) is 0.327. The van der Waals surface area contributed by atoms with Crippen molar-refractivity contribution in [1.29, 1.82) is 0 Å². The Morgan fingerprint density at radius 3 is 2.67 bits per heavy atom. The highest BCUT2D eigenvalue weighted by Gasteiger charge is 2.30. The maximum atomic E-state index is 12.3. The fourth-order valence-corrected chi connectivity index (χ4v) is 0.728. The van der Waals surface area contributed by atoms with E-state index in [1.807, 2.05) is 0 Å². The number of nitrogens with zero attached hydrogens (tertiary/aromatic N) is 1. The van der Waals surface area contributed by atoms with E-state index in [4.69, 9.17) is 0 Å². The minimum atomic E-state index is -1.05. The summed E-state index contributed by atoms with van der Waals surface area (Å²) in [7, 11) is 1.49. The molecule has 2 amide bonds. The molecule has 0 bridgehead atoms. The number of carbonyl (C=O) groups is 1. The summed E-state index contributed by atoms with van der Waals surface area (Å²) < 4.78 is 12.3. The quantitative estimate of drug-likeness (QED) is 0.473. The average Bonchev–Trinajstić information content (AvgIpc) is 1.84. The van der Waals surface area contributed by atoms with Gasteiger partial charge < -0.3 is 5.32 Å². The first-order valence-corrected chi connectivity index (χ1v) is 2.88. The van der Waals surface area contributed by atoms with E-state index >= 15 is 0 Å². The molecule has 0 aromatic rings.